The molecule has 13 heteroatoms. The third-order valence-corrected chi connectivity index (χ3v) is 6.38. The smallest absolute Gasteiger partial charge is 0.313 e. The summed E-state index contributed by atoms with van der Waals surface area (Å²) in [6.45, 7) is 2.63. The van der Waals surface area contributed by atoms with Gasteiger partial charge in [-0.15, -0.1) is 0 Å². The molecule has 0 radical (unpaired) electrons. The van der Waals surface area contributed by atoms with Crippen molar-refractivity contribution < 1.29 is 60.0 Å². The van der Waals surface area contributed by atoms with E-state index >= 15 is 0 Å². The summed E-state index contributed by atoms with van der Waals surface area (Å²) in [5.41, 5.74) is 0. The van der Waals surface area contributed by atoms with E-state index in [1.807, 2.05) is 0 Å². The van der Waals surface area contributed by atoms with Crippen LogP contribution < -0.4 is 4.74 Å². The van der Waals surface area contributed by atoms with E-state index in [4.69, 9.17) is 23.7 Å². The van der Waals surface area contributed by atoms with Crippen molar-refractivity contribution in [2.45, 2.75) is 57.8 Å². The minimum absolute atomic E-state index is 0.0885. The summed E-state index contributed by atoms with van der Waals surface area (Å²) in [5, 5.41) is 0. The summed E-state index contributed by atoms with van der Waals surface area (Å²) in [7, 11) is 0. The molecule has 0 spiro atoms. The molecule has 0 N–H and O–H groups in total. The fraction of sp³-hybridized carbons (Fsp3) is 0.714. The molecule has 1 aliphatic carbocycles. The molecule has 1 saturated carbocycles. The minimum atomic E-state index is -2.34. The Kier molecular flexibility index (Phi) is 17.6. The average molecular weight is 599 g/mol. The molecule has 1 fully saturated rings. The maximum absolute atomic E-state index is 13.5. The largest absolute Gasteiger partial charge is 0.420 e. The van der Waals surface area contributed by atoms with E-state index < -0.39 is 47.2 Å². The van der Waals surface area contributed by atoms with Crippen molar-refractivity contribution in [1.82, 2.24) is 0 Å². The molecular formula is C28H39F5O8. The predicted octanol–water partition coefficient (Wildman–Crippen LogP) is 5.08. The Bertz CT molecular complexity index is 896. The van der Waals surface area contributed by atoms with E-state index in [9.17, 15) is 31.5 Å². The second-order valence-corrected chi connectivity index (χ2v) is 9.44. The highest BCUT2D eigenvalue weighted by molar-refractivity contribution is 5.81. The summed E-state index contributed by atoms with van der Waals surface area (Å²) in [4.78, 5) is 23.9. The first-order chi connectivity index (χ1) is 19.8. The zero-order valence-electron chi connectivity index (χ0n) is 23.2. The van der Waals surface area contributed by atoms with Crippen LogP contribution in [-0.2, 0) is 33.3 Å². The number of benzene rings is 1. The van der Waals surface area contributed by atoms with Crippen LogP contribution in [0.5, 0.6) is 5.75 Å². The highest BCUT2D eigenvalue weighted by atomic mass is 19.2. The Morgan fingerprint density at radius 3 is 1.34 bits per heavy atom. The zero-order chi connectivity index (χ0) is 29.9. The molecule has 0 aromatic heterocycles. The van der Waals surface area contributed by atoms with Crippen LogP contribution in [0.15, 0.2) is 0 Å². The highest BCUT2D eigenvalue weighted by Gasteiger charge is 2.28. The lowest BCUT2D eigenvalue weighted by molar-refractivity contribution is -0.136. The van der Waals surface area contributed by atoms with Gasteiger partial charge in [0.25, 0.3) is 0 Å². The average Bonchev–Trinajstić information content (AvgIpc) is 2.94. The van der Waals surface area contributed by atoms with Gasteiger partial charge in [-0.3, -0.25) is 9.59 Å². The lowest BCUT2D eigenvalue weighted by Gasteiger charge is -2.18. The number of esters is 1. The summed E-state index contributed by atoms with van der Waals surface area (Å²) in [6.07, 6.45) is 7.99. The number of carbonyl (C=O) groups is 2. The van der Waals surface area contributed by atoms with Gasteiger partial charge in [-0.05, 0) is 12.8 Å². The molecule has 234 valence electrons. The number of halogens is 5. The maximum atomic E-state index is 13.5. The molecule has 41 heavy (non-hydrogen) atoms. The number of rotatable bonds is 20. The zero-order valence-corrected chi connectivity index (χ0v) is 23.2. The van der Waals surface area contributed by atoms with Crippen LogP contribution in [0.4, 0.5) is 22.0 Å². The molecule has 2 rings (SSSR count). The summed E-state index contributed by atoms with van der Waals surface area (Å²) in [5.74, 6) is -13.6. The molecule has 1 aliphatic rings. The Labute approximate surface area is 236 Å². The summed E-state index contributed by atoms with van der Waals surface area (Å²) in [6, 6.07) is 0. The molecule has 0 unspecified atom stereocenters. The number of hydrogen-bond acceptors (Lipinski definition) is 8. The maximum Gasteiger partial charge on any atom is 0.313 e. The number of ketones is 1. The third-order valence-electron chi connectivity index (χ3n) is 6.38. The van der Waals surface area contributed by atoms with E-state index in [1.165, 1.54) is 19.3 Å². The van der Waals surface area contributed by atoms with Gasteiger partial charge in [0.15, 0.2) is 0 Å². The lowest BCUT2D eigenvalue weighted by Crippen LogP contribution is -2.18. The second-order valence-electron chi connectivity index (χ2n) is 9.44. The van der Waals surface area contributed by atoms with Crippen LogP contribution in [0.2, 0.25) is 0 Å². The Morgan fingerprint density at radius 1 is 0.512 bits per heavy atom. The predicted molar refractivity (Wildman–Crippen MR) is 136 cm³/mol. The van der Waals surface area contributed by atoms with Gasteiger partial charge in [-0.1, -0.05) is 32.1 Å². The number of hydrogen-bond donors (Lipinski definition) is 0. The minimum Gasteiger partial charge on any atom is -0.420 e. The van der Waals surface area contributed by atoms with Crippen LogP contribution in [0.25, 0.3) is 0 Å². The highest BCUT2D eigenvalue weighted by Crippen LogP contribution is 2.29. The normalized spacial score (nSPS) is 14.6. The van der Waals surface area contributed by atoms with Crippen molar-refractivity contribution in [3.05, 3.63) is 29.1 Å². The number of Topliss-reactive ketones (excluding diaryl/α,β-unsaturated/α-hetero) is 1. The topological polar surface area (TPSA) is 89.5 Å². The van der Waals surface area contributed by atoms with Gasteiger partial charge in [-0.2, -0.15) is 8.78 Å². The van der Waals surface area contributed by atoms with Gasteiger partial charge in [-0.25, -0.2) is 13.2 Å². The second kappa shape index (κ2) is 20.6. The van der Waals surface area contributed by atoms with Crippen molar-refractivity contribution in [2.75, 3.05) is 66.1 Å². The standard InChI is InChI=1S/C28H39F5O8/c29-23-24(30)26(32)28(27(33)25(23)31)41-22(35)9-11-37-13-15-39-17-19-40-18-16-38-14-12-36-10-8-21(34)20-6-4-2-1-3-5-7-20/h20H,1-19H2. The van der Waals surface area contributed by atoms with Gasteiger partial charge in [0.1, 0.15) is 5.78 Å². The summed E-state index contributed by atoms with van der Waals surface area (Å²) < 4.78 is 97.2. The van der Waals surface area contributed by atoms with Gasteiger partial charge < -0.3 is 28.4 Å². The van der Waals surface area contributed by atoms with E-state index in [0.717, 1.165) is 25.7 Å². The van der Waals surface area contributed by atoms with Crippen LogP contribution in [0.3, 0.4) is 0 Å². The fourth-order valence-electron chi connectivity index (χ4n) is 4.13. The molecule has 8 nitrogen and oxygen atoms in total. The molecule has 1 aromatic carbocycles. The monoisotopic (exact) mass is 598 g/mol. The first-order valence-electron chi connectivity index (χ1n) is 14.0. The molecule has 0 bridgehead atoms. The molecule has 0 aliphatic heterocycles. The first kappa shape index (κ1) is 35.0. The van der Waals surface area contributed by atoms with E-state index in [0.29, 0.717) is 51.8 Å². The van der Waals surface area contributed by atoms with Crippen LogP contribution >= 0.6 is 0 Å². The van der Waals surface area contributed by atoms with E-state index in [1.54, 1.807) is 0 Å². The molecule has 0 heterocycles. The Hall–Kier alpha value is -2.19. The van der Waals surface area contributed by atoms with E-state index in [-0.39, 0.29) is 32.3 Å². The van der Waals surface area contributed by atoms with Crippen LogP contribution in [-0.4, -0.2) is 77.8 Å². The van der Waals surface area contributed by atoms with Crippen molar-refractivity contribution in [3.63, 3.8) is 0 Å². The van der Waals surface area contributed by atoms with Crippen molar-refractivity contribution in [2.24, 2.45) is 5.92 Å². The van der Waals surface area contributed by atoms with Crippen molar-refractivity contribution in [1.29, 1.82) is 0 Å². The van der Waals surface area contributed by atoms with Crippen LogP contribution in [0.1, 0.15) is 57.8 Å². The Morgan fingerprint density at radius 2 is 0.878 bits per heavy atom. The first-order valence-corrected chi connectivity index (χ1v) is 14.0. The molecule has 0 amide bonds. The molecule has 1 aromatic rings. The van der Waals surface area contributed by atoms with Gasteiger partial charge in [0.05, 0.1) is 72.5 Å². The number of ether oxygens (including phenoxy) is 6. The van der Waals surface area contributed by atoms with Crippen LogP contribution in [0, 0.1) is 35.0 Å². The van der Waals surface area contributed by atoms with Gasteiger partial charge in [0.2, 0.25) is 34.8 Å². The fourth-order valence-corrected chi connectivity index (χ4v) is 4.13. The molecule has 0 saturated heterocycles. The molecule has 0 atom stereocenters. The van der Waals surface area contributed by atoms with Gasteiger partial charge in [0, 0.05) is 12.3 Å². The molecular weight excluding hydrogens is 559 g/mol. The lowest BCUT2D eigenvalue weighted by atomic mass is 9.87. The SMILES string of the molecule is O=C(CCOCCOCCOCCOCCOCCC(=O)C1CCCCCCC1)Oc1c(F)c(F)c(F)c(F)c1F. The summed E-state index contributed by atoms with van der Waals surface area (Å²) >= 11 is 0. The van der Waals surface area contributed by atoms with E-state index in [2.05, 4.69) is 4.74 Å². The number of carbonyl (C=O) groups excluding carboxylic acids is 2. The Balaban J connectivity index is 1.35. The quantitative estimate of drug-likeness (QED) is 0.0513. The van der Waals surface area contributed by atoms with Crippen molar-refractivity contribution in [3.8, 4) is 5.75 Å². The van der Waals surface area contributed by atoms with Crippen molar-refractivity contribution >= 4 is 11.8 Å². The van der Waals surface area contributed by atoms with Gasteiger partial charge >= 0.3 is 5.97 Å². The third kappa shape index (κ3) is 13.6.